The van der Waals surface area contributed by atoms with Crippen molar-refractivity contribution in [3.05, 3.63) is 80.9 Å². The van der Waals surface area contributed by atoms with Crippen molar-refractivity contribution in [2.24, 2.45) is 0 Å². The first-order chi connectivity index (χ1) is 12.6. The molecule has 0 bridgehead atoms. The fourth-order valence-electron chi connectivity index (χ4n) is 3.55. The molecule has 2 aromatic carbocycles. The van der Waals surface area contributed by atoms with Crippen molar-refractivity contribution in [1.29, 1.82) is 0 Å². The second-order valence-electron chi connectivity index (χ2n) is 6.50. The van der Waals surface area contributed by atoms with Gasteiger partial charge in [-0.1, -0.05) is 56.1 Å². The van der Waals surface area contributed by atoms with Crippen LogP contribution in [0.3, 0.4) is 0 Å². The average molecular weight is 479 g/mol. The van der Waals surface area contributed by atoms with Crippen molar-refractivity contribution in [2.45, 2.75) is 18.5 Å². The summed E-state index contributed by atoms with van der Waals surface area (Å²) in [6.45, 7) is 0.332. The Bertz CT molecular complexity index is 866. The number of anilines is 1. The lowest BCUT2D eigenvalue weighted by Gasteiger charge is -2.26. The third kappa shape index (κ3) is 3.60. The van der Waals surface area contributed by atoms with Gasteiger partial charge in [0.15, 0.2) is 6.17 Å². The van der Waals surface area contributed by atoms with E-state index < -0.39 is 6.17 Å². The van der Waals surface area contributed by atoms with Crippen molar-refractivity contribution in [1.82, 2.24) is 0 Å². The van der Waals surface area contributed by atoms with Crippen molar-refractivity contribution < 1.29 is 9.13 Å². The molecule has 0 amide bonds. The summed E-state index contributed by atoms with van der Waals surface area (Å²) in [5.74, 6) is 0.964. The summed E-state index contributed by atoms with van der Waals surface area (Å²) in [5, 5.41) is 0. The van der Waals surface area contributed by atoms with Crippen LogP contribution >= 0.6 is 31.9 Å². The zero-order valence-corrected chi connectivity index (χ0v) is 17.2. The average Bonchev–Trinajstić information content (AvgIpc) is 2.93. The summed E-state index contributed by atoms with van der Waals surface area (Å²) in [6, 6.07) is 15.6. The summed E-state index contributed by atoms with van der Waals surface area (Å²) < 4.78 is 22.5. The molecule has 2 atom stereocenters. The summed E-state index contributed by atoms with van der Waals surface area (Å²) in [5.41, 5.74) is 3.48. The first-order valence-electron chi connectivity index (χ1n) is 8.57. The van der Waals surface area contributed by atoms with Gasteiger partial charge < -0.3 is 9.64 Å². The molecule has 1 heterocycles. The van der Waals surface area contributed by atoms with Crippen LogP contribution in [0, 0.1) is 0 Å². The van der Waals surface area contributed by atoms with E-state index in [1.165, 1.54) is 10.0 Å². The van der Waals surface area contributed by atoms with Crippen LogP contribution in [0.2, 0.25) is 0 Å². The maximum absolute atomic E-state index is 14.7. The molecule has 2 aromatic rings. The van der Waals surface area contributed by atoms with Crippen molar-refractivity contribution in [3.8, 4) is 5.75 Å². The Morgan fingerprint density at radius 3 is 2.73 bits per heavy atom. The Hall–Kier alpha value is -1.59. The Morgan fingerprint density at radius 1 is 1.12 bits per heavy atom. The zero-order valence-electron chi connectivity index (χ0n) is 14.0. The maximum atomic E-state index is 14.7. The highest BCUT2D eigenvalue weighted by molar-refractivity contribution is 9.11. The van der Waals surface area contributed by atoms with E-state index >= 15 is 0 Å². The number of fused-ring (bicyclic) bond motifs is 3. The maximum Gasteiger partial charge on any atom is 0.152 e. The number of para-hydroxylation sites is 1. The Balaban J connectivity index is 1.53. The van der Waals surface area contributed by atoms with Crippen molar-refractivity contribution in [3.63, 3.8) is 0 Å². The number of nitrogens with zero attached hydrogens (tertiary/aromatic N) is 1. The van der Waals surface area contributed by atoms with E-state index in [0.29, 0.717) is 5.75 Å². The lowest BCUT2D eigenvalue weighted by atomic mass is 9.92. The Morgan fingerprint density at radius 2 is 1.92 bits per heavy atom. The molecule has 0 fully saturated rings. The van der Waals surface area contributed by atoms with Gasteiger partial charge in [-0.15, -0.1) is 0 Å². The van der Waals surface area contributed by atoms with Gasteiger partial charge in [0.1, 0.15) is 12.4 Å². The van der Waals surface area contributed by atoms with Crippen LogP contribution in [-0.2, 0) is 0 Å². The topological polar surface area (TPSA) is 12.5 Å². The number of alkyl halides is 1. The monoisotopic (exact) mass is 477 g/mol. The fraction of sp³-hybridized carbons (Fsp3) is 0.238. The van der Waals surface area contributed by atoms with Crippen LogP contribution < -0.4 is 9.64 Å². The molecule has 0 N–H and O–H groups in total. The molecular formula is C21H18Br2FNO. The standard InChI is InChI=1S/C21H18Br2FNO/c22-14-6-8-20-18(10-14)19-11-15(23)7-9-21(19)25(20)12-16(24)13-26-17-4-2-1-3-5-17/h1-10,16,19H,11-13H2. The molecule has 0 saturated carbocycles. The number of ether oxygens (including phenoxy) is 1. The van der Waals surface area contributed by atoms with E-state index in [0.717, 1.165) is 22.3 Å². The molecule has 0 spiro atoms. The van der Waals surface area contributed by atoms with E-state index in [1.807, 2.05) is 36.4 Å². The predicted octanol–water partition coefficient (Wildman–Crippen LogP) is 6.34. The smallest absolute Gasteiger partial charge is 0.152 e. The predicted molar refractivity (Wildman–Crippen MR) is 111 cm³/mol. The molecule has 0 radical (unpaired) electrons. The minimum Gasteiger partial charge on any atom is -0.490 e. The zero-order chi connectivity index (χ0) is 18.1. The van der Waals surface area contributed by atoms with E-state index in [2.05, 4.69) is 61.0 Å². The van der Waals surface area contributed by atoms with Crippen LogP contribution in [0.5, 0.6) is 5.75 Å². The SMILES string of the molecule is FC(COc1ccccc1)CN1C2=CC=C(Br)CC2c2cc(Br)ccc21. The van der Waals surface area contributed by atoms with Gasteiger partial charge >= 0.3 is 0 Å². The summed E-state index contributed by atoms with van der Waals surface area (Å²) in [6.07, 6.45) is 3.98. The van der Waals surface area contributed by atoms with Gasteiger partial charge in [0, 0.05) is 21.8 Å². The van der Waals surface area contributed by atoms with E-state index in [9.17, 15) is 4.39 Å². The third-order valence-electron chi connectivity index (χ3n) is 4.71. The van der Waals surface area contributed by atoms with Crippen LogP contribution in [0.4, 0.5) is 10.1 Å². The molecule has 2 unspecified atom stereocenters. The molecule has 2 nitrogen and oxygen atoms in total. The number of halogens is 3. The summed E-state index contributed by atoms with van der Waals surface area (Å²) in [4.78, 5) is 2.10. The Kier molecular flexibility index (Phi) is 5.18. The van der Waals surface area contributed by atoms with Crippen LogP contribution in [0.1, 0.15) is 17.9 Å². The number of allylic oxidation sites excluding steroid dienone is 4. The molecule has 2 aliphatic rings. The fourth-order valence-corrected chi connectivity index (χ4v) is 4.39. The first-order valence-corrected chi connectivity index (χ1v) is 10.2. The second-order valence-corrected chi connectivity index (χ2v) is 8.43. The molecule has 26 heavy (non-hydrogen) atoms. The minimum atomic E-state index is -1.08. The van der Waals surface area contributed by atoms with E-state index in [1.54, 1.807) is 0 Å². The highest BCUT2D eigenvalue weighted by atomic mass is 79.9. The molecule has 0 saturated heterocycles. The summed E-state index contributed by atoms with van der Waals surface area (Å²) >= 11 is 7.17. The normalized spacial score (nSPS) is 19.3. The van der Waals surface area contributed by atoms with Crippen LogP contribution in [-0.4, -0.2) is 19.3 Å². The van der Waals surface area contributed by atoms with Gasteiger partial charge in [0.2, 0.25) is 0 Å². The number of benzene rings is 2. The highest BCUT2D eigenvalue weighted by Crippen LogP contribution is 2.49. The molecule has 4 rings (SSSR count). The molecule has 134 valence electrons. The molecule has 5 heteroatoms. The second kappa shape index (κ2) is 7.57. The largest absolute Gasteiger partial charge is 0.490 e. The van der Waals surface area contributed by atoms with Crippen molar-refractivity contribution in [2.75, 3.05) is 18.1 Å². The molecule has 0 aromatic heterocycles. The van der Waals surface area contributed by atoms with Gasteiger partial charge in [-0.2, -0.15) is 0 Å². The minimum absolute atomic E-state index is 0.0455. The van der Waals surface area contributed by atoms with Crippen LogP contribution in [0.15, 0.2) is 75.3 Å². The Labute approximate surface area is 169 Å². The lowest BCUT2D eigenvalue weighted by molar-refractivity contribution is 0.200. The lowest BCUT2D eigenvalue weighted by Crippen LogP contribution is -2.31. The van der Waals surface area contributed by atoms with E-state index in [-0.39, 0.29) is 19.1 Å². The van der Waals surface area contributed by atoms with E-state index in [4.69, 9.17) is 4.74 Å². The van der Waals surface area contributed by atoms with Gasteiger partial charge in [0.25, 0.3) is 0 Å². The van der Waals surface area contributed by atoms with Crippen LogP contribution in [0.25, 0.3) is 0 Å². The van der Waals surface area contributed by atoms with Gasteiger partial charge in [0.05, 0.1) is 6.54 Å². The summed E-state index contributed by atoms with van der Waals surface area (Å²) in [7, 11) is 0. The number of hydrogen-bond acceptors (Lipinski definition) is 2. The molecular weight excluding hydrogens is 461 g/mol. The van der Waals surface area contributed by atoms with Gasteiger partial charge in [-0.05, 0) is 52.9 Å². The number of hydrogen-bond donors (Lipinski definition) is 0. The van der Waals surface area contributed by atoms with Gasteiger partial charge in [-0.3, -0.25) is 0 Å². The van der Waals surface area contributed by atoms with Crippen molar-refractivity contribution >= 4 is 37.5 Å². The number of rotatable bonds is 5. The third-order valence-corrected chi connectivity index (χ3v) is 5.79. The highest BCUT2D eigenvalue weighted by Gasteiger charge is 2.36. The van der Waals surface area contributed by atoms with Gasteiger partial charge in [-0.25, -0.2) is 4.39 Å². The quantitative estimate of drug-likeness (QED) is 0.497. The molecule has 1 aliphatic heterocycles. The first kappa shape index (κ1) is 17.8. The molecule has 1 aliphatic carbocycles.